The number of hydrogen-bond donors (Lipinski definition) is 0. The second kappa shape index (κ2) is 11.3. The van der Waals surface area contributed by atoms with Crippen molar-refractivity contribution in [2.45, 2.75) is 31.9 Å². The molecule has 2 amide bonds. The van der Waals surface area contributed by atoms with Crippen LogP contribution in [0.2, 0.25) is 0 Å². The number of ether oxygens (including phenoxy) is 2. The zero-order valence-electron chi connectivity index (χ0n) is 20.5. The van der Waals surface area contributed by atoms with E-state index in [0.717, 1.165) is 5.56 Å². The Morgan fingerprint density at radius 3 is 2.61 bits per heavy atom. The average Bonchev–Trinajstić information content (AvgIpc) is 3.38. The van der Waals surface area contributed by atoms with Crippen LogP contribution in [0.4, 0.5) is 4.39 Å². The van der Waals surface area contributed by atoms with Crippen LogP contribution in [-0.4, -0.2) is 65.7 Å². The van der Waals surface area contributed by atoms with E-state index in [-0.39, 0.29) is 49.5 Å². The number of aromatic nitrogens is 1. The van der Waals surface area contributed by atoms with Crippen molar-refractivity contribution in [1.29, 1.82) is 0 Å². The largest absolute Gasteiger partial charge is 0.490 e. The van der Waals surface area contributed by atoms with Crippen molar-refractivity contribution >= 4 is 11.8 Å². The number of benzene rings is 2. The Labute approximate surface area is 209 Å². The van der Waals surface area contributed by atoms with Crippen LogP contribution in [0.3, 0.4) is 0 Å². The summed E-state index contributed by atoms with van der Waals surface area (Å²) in [5.74, 6) is 0.246. The Morgan fingerprint density at radius 1 is 1.17 bits per heavy atom. The summed E-state index contributed by atoms with van der Waals surface area (Å²) in [6.45, 7) is 3.07. The maximum atomic E-state index is 13.3. The summed E-state index contributed by atoms with van der Waals surface area (Å²) >= 11 is 0. The highest BCUT2D eigenvalue weighted by atomic mass is 19.1. The summed E-state index contributed by atoms with van der Waals surface area (Å²) in [6.07, 6.45) is 0.626. The summed E-state index contributed by atoms with van der Waals surface area (Å²) in [5.41, 5.74) is 0.125. The van der Waals surface area contributed by atoms with Crippen molar-refractivity contribution in [1.82, 2.24) is 15.0 Å². The lowest BCUT2D eigenvalue weighted by Crippen LogP contribution is -2.58. The Kier molecular flexibility index (Phi) is 8.00. The van der Waals surface area contributed by atoms with Gasteiger partial charge < -0.3 is 23.8 Å². The molecule has 2 aromatic carbocycles. The highest BCUT2D eigenvalue weighted by molar-refractivity contribution is 5.92. The van der Waals surface area contributed by atoms with E-state index >= 15 is 0 Å². The number of nitrogens with zero attached hydrogens (tertiary/aromatic N) is 3. The highest BCUT2D eigenvalue weighted by Crippen LogP contribution is 2.27. The van der Waals surface area contributed by atoms with Gasteiger partial charge in [0.25, 0.3) is 5.91 Å². The standard InChI is InChI=1S/C27H30FN3O5/c1-3-22-15-24(29-36-22)26(33)31-13-14-35-27(18-31,19-34-23-11-9-21(28)10-12-23)16-25(32)30(2)17-20-7-5-4-6-8-20/h4-12,15H,3,13-14,16-19H2,1-2H3/t27-/m1/s1. The molecule has 0 aliphatic carbocycles. The van der Waals surface area contributed by atoms with Gasteiger partial charge in [-0.2, -0.15) is 0 Å². The Bertz CT molecular complexity index is 1170. The molecule has 0 bridgehead atoms. The minimum absolute atomic E-state index is 0.000331. The summed E-state index contributed by atoms with van der Waals surface area (Å²) in [4.78, 5) is 29.7. The van der Waals surface area contributed by atoms with Crippen LogP contribution in [0, 0.1) is 5.82 Å². The lowest BCUT2D eigenvalue weighted by atomic mass is 9.96. The molecule has 9 heteroatoms. The minimum atomic E-state index is -1.10. The molecule has 0 radical (unpaired) electrons. The van der Waals surface area contributed by atoms with Crippen LogP contribution < -0.4 is 4.74 Å². The maximum absolute atomic E-state index is 13.3. The predicted molar refractivity (Wildman–Crippen MR) is 130 cm³/mol. The average molecular weight is 496 g/mol. The summed E-state index contributed by atoms with van der Waals surface area (Å²) in [5, 5.41) is 3.90. The number of rotatable bonds is 9. The third-order valence-electron chi connectivity index (χ3n) is 6.14. The number of aryl methyl sites for hydroxylation is 1. The first-order chi connectivity index (χ1) is 17.4. The van der Waals surface area contributed by atoms with E-state index in [4.69, 9.17) is 14.0 Å². The molecule has 1 fully saturated rings. The van der Waals surface area contributed by atoms with Crippen LogP contribution in [-0.2, 0) is 22.5 Å². The first-order valence-corrected chi connectivity index (χ1v) is 11.9. The molecule has 1 atom stereocenters. The molecule has 0 saturated carbocycles. The summed E-state index contributed by atoms with van der Waals surface area (Å²) in [6, 6.07) is 16.9. The van der Waals surface area contributed by atoms with Crippen molar-refractivity contribution in [2.24, 2.45) is 0 Å². The van der Waals surface area contributed by atoms with Gasteiger partial charge in [-0.25, -0.2) is 4.39 Å². The van der Waals surface area contributed by atoms with E-state index in [1.807, 2.05) is 37.3 Å². The summed E-state index contributed by atoms with van der Waals surface area (Å²) in [7, 11) is 1.73. The Balaban J connectivity index is 1.51. The highest BCUT2D eigenvalue weighted by Gasteiger charge is 2.42. The van der Waals surface area contributed by atoms with E-state index in [1.165, 1.54) is 24.3 Å². The minimum Gasteiger partial charge on any atom is -0.490 e. The van der Waals surface area contributed by atoms with Gasteiger partial charge >= 0.3 is 0 Å². The number of morpholine rings is 1. The van der Waals surface area contributed by atoms with Crippen LogP contribution in [0.1, 0.15) is 35.2 Å². The molecule has 190 valence electrons. The molecular weight excluding hydrogens is 465 g/mol. The molecule has 0 unspecified atom stereocenters. The molecule has 2 heterocycles. The molecule has 1 saturated heterocycles. The number of amides is 2. The van der Waals surface area contributed by atoms with Crippen LogP contribution in [0.15, 0.2) is 65.2 Å². The Morgan fingerprint density at radius 2 is 1.92 bits per heavy atom. The zero-order valence-corrected chi connectivity index (χ0v) is 20.5. The first kappa shape index (κ1) is 25.4. The Hall–Kier alpha value is -3.72. The van der Waals surface area contributed by atoms with Crippen molar-refractivity contribution in [2.75, 3.05) is 33.4 Å². The number of carbonyl (C=O) groups excluding carboxylic acids is 2. The molecule has 36 heavy (non-hydrogen) atoms. The fraction of sp³-hybridized carbons (Fsp3) is 0.370. The lowest BCUT2D eigenvalue weighted by Gasteiger charge is -2.42. The van der Waals surface area contributed by atoms with Crippen molar-refractivity contribution < 1.29 is 28.0 Å². The molecule has 8 nitrogen and oxygen atoms in total. The van der Waals surface area contributed by atoms with E-state index in [0.29, 0.717) is 31.0 Å². The monoisotopic (exact) mass is 495 g/mol. The second-order valence-electron chi connectivity index (χ2n) is 8.94. The quantitative estimate of drug-likeness (QED) is 0.450. The topological polar surface area (TPSA) is 85.1 Å². The van der Waals surface area contributed by atoms with E-state index < -0.39 is 5.60 Å². The number of carbonyl (C=O) groups is 2. The number of halogens is 1. The lowest BCUT2D eigenvalue weighted by molar-refractivity contribution is -0.152. The van der Waals surface area contributed by atoms with Gasteiger partial charge in [-0.05, 0) is 29.8 Å². The van der Waals surface area contributed by atoms with Gasteiger partial charge in [0.05, 0.1) is 19.6 Å². The van der Waals surface area contributed by atoms with Crippen molar-refractivity contribution in [3.05, 3.63) is 83.5 Å². The summed E-state index contributed by atoms with van der Waals surface area (Å²) < 4.78 is 30.6. The fourth-order valence-corrected chi connectivity index (χ4v) is 4.11. The predicted octanol–water partition coefficient (Wildman–Crippen LogP) is 3.72. The fourth-order valence-electron chi connectivity index (χ4n) is 4.11. The normalized spacial score (nSPS) is 17.6. The molecule has 1 aromatic heterocycles. The third kappa shape index (κ3) is 6.28. The van der Waals surface area contributed by atoms with E-state index in [9.17, 15) is 14.0 Å². The molecule has 3 aromatic rings. The molecule has 1 aliphatic rings. The van der Waals surface area contributed by atoms with Gasteiger partial charge in [-0.1, -0.05) is 42.4 Å². The molecular formula is C27H30FN3O5. The molecule has 0 N–H and O–H groups in total. The maximum Gasteiger partial charge on any atom is 0.276 e. The van der Waals surface area contributed by atoms with Gasteiger partial charge in [0.2, 0.25) is 5.91 Å². The third-order valence-corrected chi connectivity index (χ3v) is 6.14. The van der Waals surface area contributed by atoms with Gasteiger partial charge in [0, 0.05) is 32.6 Å². The number of hydrogen-bond acceptors (Lipinski definition) is 6. The van der Waals surface area contributed by atoms with E-state index in [1.54, 1.807) is 22.9 Å². The zero-order chi connectivity index (χ0) is 25.5. The van der Waals surface area contributed by atoms with Crippen LogP contribution >= 0.6 is 0 Å². The smallest absolute Gasteiger partial charge is 0.276 e. The van der Waals surface area contributed by atoms with Gasteiger partial charge in [0.1, 0.15) is 29.5 Å². The van der Waals surface area contributed by atoms with E-state index in [2.05, 4.69) is 5.16 Å². The molecule has 4 rings (SSSR count). The van der Waals surface area contributed by atoms with Gasteiger partial charge in [-0.3, -0.25) is 9.59 Å². The van der Waals surface area contributed by atoms with Gasteiger partial charge in [-0.15, -0.1) is 0 Å². The van der Waals surface area contributed by atoms with Crippen LogP contribution in [0.25, 0.3) is 0 Å². The SMILES string of the molecule is CCc1cc(C(=O)N2CCO[C@](COc3ccc(F)cc3)(CC(=O)N(C)Cc3ccccc3)C2)no1. The van der Waals surface area contributed by atoms with Gasteiger partial charge in [0.15, 0.2) is 5.69 Å². The molecule has 1 aliphatic heterocycles. The second-order valence-corrected chi connectivity index (χ2v) is 8.94. The van der Waals surface area contributed by atoms with Crippen molar-refractivity contribution in [3.63, 3.8) is 0 Å². The first-order valence-electron chi connectivity index (χ1n) is 11.9. The van der Waals surface area contributed by atoms with Crippen LogP contribution in [0.5, 0.6) is 5.75 Å². The molecule has 0 spiro atoms. The van der Waals surface area contributed by atoms with Crippen molar-refractivity contribution in [3.8, 4) is 5.75 Å².